The minimum atomic E-state index is 0.442. The summed E-state index contributed by atoms with van der Waals surface area (Å²) in [5.74, 6) is 2.26. The van der Waals surface area contributed by atoms with Gasteiger partial charge in [0.1, 0.15) is 0 Å². The molecule has 5 heteroatoms. The molecule has 2 saturated heterocycles. The van der Waals surface area contributed by atoms with Crippen LogP contribution in [0.1, 0.15) is 18.0 Å². The molecule has 2 heterocycles. The lowest BCUT2D eigenvalue weighted by Gasteiger charge is -2.32. The van der Waals surface area contributed by atoms with Gasteiger partial charge in [-0.15, -0.1) is 0 Å². The number of rotatable bonds is 5. The van der Waals surface area contributed by atoms with Gasteiger partial charge in [-0.05, 0) is 43.6 Å². The van der Waals surface area contributed by atoms with Gasteiger partial charge < -0.3 is 14.2 Å². The van der Waals surface area contributed by atoms with E-state index in [1.54, 1.807) is 14.2 Å². The van der Waals surface area contributed by atoms with Gasteiger partial charge in [-0.3, -0.25) is 9.80 Å². The first-order chi connectivity index (χ1) is 11.2. The molecule has 2 fully saturated rings. The van der Waals surface area contributed by atoms with Gasteiger partial charge in [-0.25, -0.2) is 0 Å². The summed E-state index contributed by atoms with van der Waals surface area (Å²) in [5, 5.41) is 0. The fraction of sp³-hybridized carbons (Fsp3) is 0.667. The van der Waals surface area contributed by atoms with Crippen LogP contribution in [-0.4, -0.2) is 70.5 Å². The van der Waals surface area contributed by atoms with Gasteiger partial charge >= 0.3 is 0 Å². The highest BCUT2D eigenvalue weighted by atomic mass is 16.5. The van der Waals surface area contributed by atoms with Crippen molar-refractivity contribution < 1.29 is 14.2 Å². The van der Waals surface area contributed by atoms with Gasteiger partial charge in [0, 0.05) is 25.7 Å². The summed E-state index contributed by atoms with van der Waals surface area (Å²) >= 11 is 0. The van der Waals surface area contributed by atoms with Crippen LogP contribution in [0.5, 0.6) is 11.5 Å². The third-order valence-corrected chi connectivity index (χ3v) is 5.12. The second-order valence-corrected chi connectivity index (χ2v) is 6.50. The highest BCUT2D eigenvalue weighted by Gasteiger charge is 2.34. The molecule has 1 aromatic rings. The summed E-state index contributed by atoms with van der Waals surface area (Å²) in [6.07, 6.45) is 1.24. The van der Waals surface area contributed by atoms with E-state index >= 15 is 0 Å². The Hall–Kier alpha value is -1.30. The average Bonchev–Trinajstić information content (AvgIpc) is 2.95. The Morgan fingerprint density at radius 3 is 2.52 bits per heavy atom. The number of nitrogens with zero attached hydrogens (tertiary/aromatic N) is 2. The van der Waals surface area contributed by atoms with Crippen LogP contribution in [0.15, 0.2) is 18.2 Å². The highest BCUT2D eigenvalue weighted by Crippen LogP contribution is 2.39. The van der Waals surface area contributed by atoms with Gasteiger partial charge in [-0.1, -0.05) is 6.07 Å². The van der Waals surface area contributed by atoms with Crippen molar-refractivity contribution in [3.63, 3.8) is 0 Å². The monoisotopic (exact) mass is 320 g/mol. The zero-order chi connectivity index (χ0) is 16.2. The summed E-state index contributed by atoms with van der Waals surface area (Å²) in [7, 11) is 5.60. The van der Waals surface area contributed by atoms with Crippen molar-refractivity contribution in [3.05, 3.63) is 23.8 Å². The van der Waals surface area contributed by atoms with Crippen LogP contribution >= 0.6 is 0 Å². The maximum Gasteiger partial charge on any atom is 0.161 e. The highest BCUT2D eigenvalue weighted by molar-refractivity contribution is 5.44. The summed E-state index contributed by atoms with van der Waals surface area (Å²) in [6.45, 7) is 6.13. The first kappa shape index (κ1) is 16.6. The van der Waals surface area contributed by atoms with E-state index < -0.39 is 0 Å². The van der Waals surface area contributed by atoms with E-state index in [0.717, 1.165) is 50.9 Å². The molecule has 2 atom stereocenters. The van der Waals surface area contributed by atoms with E-state index in [9.17, 15) is 0 Å². The lowest BCUT2D eigenvalue weighted by molar-refractivity contribution is 0.0280. The van der Waals surface area contributed by atoms with Crippen molar-refractivity contribution >= 4 is 0 Å². The number of methoxy groups -OCH3 is 2. The molecule has 0 aliphatic carbocycles. The number of ether oxygens (including phenoxy) is 3. The number of hydrogen-bond acceptors (Lipinski definition) is 5. The van der Waals surface area contributed by atoms with Crippen molar-refractivity contribution in [1.29, 1.82) is 0 Å². The molecule has 0 radical (unpaired) electrons. The van der Waals surface area contributed by atoms with Crippen LogP contribution in [0.3, 0.4) is 0 Å². The van der Waals surface area contributed by atoms with Crippen LogP contribution in [0.2, 0.25) is 0 Å². The lowest BCUT2D eigenvalue weighted by atomic mass is 9.92. The average molecular weight is 320 g/mol. The summed E-state index contributed by atoms with van der Waals surface area (Å²) in [5.41, 5.74) is 1.32. The van der Waals surface area contributed by atoms with Crippen LogP contribution in [0.4, 0.5) is 0 Å². The van der Waals surface area contributed by atoms with Crippen molar-refractivity contribution in [2.45, 2.75) is 12.5 Å². The van der Waals surface area contributed by atoms with E-state index in [4.69, 9.17) is 14.2 Å². The quantitative estimate of drug-likeness (QED) is 0.829. The molecule has 0 aromatic heterocycles. The van der Waals surface area contributed by atoms with Crippen LogP contribution in [0.25, 0.3) is 0 Å². The molecule has 5 nitrogen and oxygen atoms in total. The van der Waals surface area contributed by atoms with E-state index in [0.29, 0.717) is 12.0 Å². The summed E-state index contributed by atoms with van der Waals surface area (Å²) in [4.78, 5) is 5.01. The Labute approximate surface area is 139 Å². The predicted molar refractivity (Wildman–Crippen MR) is 90.3 cm³/mol. The molecular weight excluding hydrogens is 292 g/mol. The van der Waals surface area contributed by atoms with Crippen LogP contribution in [-0.2, 0) is 4.74 Å². The molecule has 3 rings (SSSR count). The second kappa shape index (κ2) is 7.51. The third kappa shape index (κ3) is 3.62. The van der Waals surface area contributed by atoms with E-state index in [1.165, 1.54) is 12.0 Å². The zero-order valence-corrected chi connectivity index (χ0v) is 14.5. The number of hydrogen-bond donors (Lipinski definition) is 0. The fourth-order valence-electron chi connectivity index (χ4n) is 3.90. The normalized spacial score (nSPS) is 26.4. The first-order valence-electron chi connectivity index (χ1n) is 8.45. The van der Waals surface area contributed by atoms with Gasteiger partial charge in [0.25, 0.3) is 0 Å². The molecule has 0 bridgehead atoms. The molecule has 0 saturated carbocycles. The van der Waals surface area contributed by atoms with Crippen LogP contribution < -0.4 is 9.47 Å². The largest absolute Gasteiger partial charge is 0.493 e. The Balaban J connectivity index is 1.77. The SMILES string of the molecule is COc1ccc(C2C(CN3CCOCC3)CCN2C)cc1OC. The van der Waals surface area contributed by atoms with Gasteiger partial charge in [0.15, 0.2) is 11.5 Å². The molecular formula is C18H28N2O3. The van der Waals surface area contributed by atoms with E-state index in [2.05, 4.69) is 29.0 Å². The maximum atomic E-state index is 5.49. The molecule has 0 amide bonds. The number of likely N-dealkylation sites (tertiary alicyclic amines) is 1. The Bertz CT molecular complexity index is 517. The predicted octanol–water partition coefficient (Wildman–Crippen LogP) is 2.03. The summed E-state index contributed by atoms with van der Waals surface area (Å²) in [6, 6.07) is 6.78. The van der Waals surface area contributed by atoms with Gasteiger partial charge in [-0.2, -0.15) is 0 Å². The minimum Gasteiger partial charge on any atom is -0.493 e. The van der Waals surface area contributed by atoms with Crippen molar-refractivity contribution in [3.8, 4) is 11.5 Å². The fourth-order valence-corrected chi connectivity index (χ4v) is 3.90. The molecule has 0 spiro atoms. The Morgan fingerprint density at radius 2 is 1.83 bits per heavy atom. The minimum absolute atomic E-state index is 0.442. The van der Waals surface area contributed by atoms with Gasteiger partial charge in [0.05, 0.1) is 27.4 Å². The zero-order valence-electron chi connectivity index (χ0n) is 14.5. The molecule has 0 N–H and O–H groups in total. The second-order valence-electron chi connectivity index (χ2n) is 6.50. The molecule has 23 heavy (non-hydrogen) atoms. The number of benzene rings is 1. The molecule has 128 valence electrons. The van der Waals surface area contributed by atoms with Crippen molar-refractivity contribution in [1.82, 2.24) is 9.80 Å². The maximum absolute atomic E-state index is 5.49. The topological polar surface area (TPSA) is 34.2 Å². The van der Waals surface area contributed by atoms with Crippen molar-refractivity contribution in [2.75, 3.05) is 60.7 Å². The Kier molecular flexibility index (Phi) is 5.41. The molecule has 2 aliphatic heterocycles. The Morgan fingerprint density at radius 1 is 1.09 bits per heavy atom. The van der Waals surface area contributed by atoms with E-state index in [1.807, 2.05) is 6.07 Å². The van der Waals surface area contributed by atoms with Crippen LogP contribution in [0, 0.1) is 5.92 Å². The lowest BCUT2D eigenvalue weighted by Crippen LogP contribution is -2.40. The molecule has 1 aromatic carbocycles. The molecule has 2 aliphatic rings. The van der Waals surface area contributed by atoms with E-state index in [-0.39, 0.29) is 0 Å². The van der Waals surface area contributed by atoms with Crippen molar-refractivity contribution in [2.24, 2.45) is 5.92 Å². The summed E-state index contributed by atoms with van der Waals surface area (Å²) < 4.78 is 16.3. The standard InChI is InChI=1S/C18H28N2O3/c1-19-7-6-15(13-20-8-10-23-11-9-20)18(19)14-4-5-16(21-2)17(12-14)22-3/h4-5,12,15,18H,6-11,13H2,1-3H3. The smallest absolute Gasteiger partial charge is 0.161 e. The number of morpholine rings is 1. The van der Waals surface area contributed by atoms with Gasteiger partial charge in [0.2, 0.25) is 0 Å². The first-order valence-corrected chi connectivity index (χ1v) is 8.45. The molecule has 2 unspecified atom stereocenters. The third-order valence-electron chi connectivity index (χ3n) is 5.12.